The molecule has 2 N–H and O–H groups in total. The molecule has 0 saturated carbocycles. The van der Waals surface area contributed by atoms with E-state index in [4.69, 9.17) is 12.2 Å². The number of aryl methyl sites for hydroxylation is 1. The van der Waals surface area contributed by atoms with Gasteiger partial charge in [-0.3, -0.25) is 25.0 Å². The second kappa shape index (κ2) is 8.77. The molecule has 0 fully saturated rings. The number of nitriles is 1. The number of imidazole rings is 1. The van der Waals surface area contributed by atoms with Crippen LogP contribution in [0.4, 0.5) is 5.69 Å². The monoisotopic (exact) mass is 404 g/mol. The van der Waals surface area contributed by atoms with Gasteiger partial charge in [0.2, 0.25) is 10.5 Å². The molecule has 29 heavy (non-hydrogen) atoms. The van der Waals surface area contributed by atoms with Gasteiger partial charge in [-0.2, -0.15) is 10.4 Å². The molecule has 9 heteroatoms. The molecule has 0 unspecified atom stereocenters. The Balaban J connectivity index is 1.81. The van der Waals surface area contributed by atoms with E-state index in [0.717, 1.165) is 0 Å². The largest absolute Gasteiger partial charge is 0.301 e. The number of hydrogen-bond donors (Lipinski definition) is 2. The maximum Gasteiger partial charge on any atom is 0.301 e. The van der Waals surface area contributed by atoms with Gasteiger partial charge in [0.1, 0.15) is 6.07 Å². The number of carbonyl (C=O) groups excluding carboxylic acids is 2. The number of rotatable bonds is 5. The fourth-order valence-electron chi connectivity index (χ4n) is 2.52. The Morgan fingerprint density at radius 3 is 2.31 bits per heavy atom. The van der Waals surface area contributed by atoms with Gasteiger partial charge in [0.25, 0.3) is 5.91 Å². The standard InChI is InChI=1S/C20H16N6O2S/c1-14-13-25(20(29)26(14)19(28)15-8-4-2-5-9-15)24-18(27)17(12-21)23-22-16-10-6-3-7-11-16/h2-11,13,22H,1H3,(H,24,27)/b23-17+. The summed E-state index contributed by atoms with van der Waals surface area (Å²) in [4.78, 5) is 25.1. The molecule has 0 saturated heterocycles. The van der Waals surface area contributed by atoms with Gasteiger partial charge in [-0.1, -0.05) is 36.4 Å². The molecule has 0 radical (unpaired) electrons. The average molecular weight is 404 g/mol. The predicted octanol–water partition coefficient (Wildman–Crippen LogP) is 3.08. The van der Waals surface area contributed by atoms with E-state index in [0.29, 0.717) is 16.9 Å². The maximum atomic E-state index is 12.7. The van der Waals surface area contributed by atoms with E-state index in [-0.39, 0.29) is 10.7 Å². The van der Waals surface area contributed by atoms with Gasteiger partial charge in [-0.25, -0.2) is 4.68 Å². The number of nitrogens with zero attached hydrogens (tertiary/aromatic N) is 4. The number of anilines is 1. The Bertz CT molecular complexity index is 1170. The minimum Gasteiger partial charge on any atom is -0.277 e. The first-order valence-corrected chi connectivity index (χ1v) is 8.93. The molecule has 1 heterocycles. The Morgan fingerprint density at radius 2 is 1.69 bits per heavy atom. The van der Waals surface area contributed by atoms with Crippen LogP contribution in [0.25, 0.3) is 0 Å². The molecule has 2 aromatic carbocycles. The van der Waals surface area contributed by atoms with Crippen LogP contribution in [-0.2, 0) is 4.79 Å². The minimum atomic E-state index is -0.767. The first kappa shape index (κ1) is 19.7. The number of aromatic nitrogens is 2. The fourth-order valence-corrected chi connectivity index (χ4v) is 2.84. The van der Waals surface area contributed by atoms with Crippen LogP contribution >= 0.6 is 12.2 Å². The quantitative estimate of drug-likeness (QED) is 0.386. The van der Waals surface area contributed by atoms with Gasteiger partial charge in [-0.15, -0.1) is 0 Å². The molecule has 0 spiro atoms. The van der Waals surface area contributed by atoms with E-state index in [1.54, 1.807) is 67.6 Å². The van der Waals surface area contributed by atoms with Crippen molar-refractivity contribution in [3.63, 3.8) is 0 Å². The zero-order valence-corrected chi connectivity index (χ0v) is 16.2. The molecule has 0 aliphatic heterocycles. The van der Waals surface area contributed by atoms with E-state index < -0.39 is 11.6 Å². The van der Waals surface area contributed by atoms with Crippen molar-refractivity contribution in [2.24, 2.45) is 5.10 Å². The molecule has 3 rings (SSSR count). The number of para-hydroxylation sites is 1. The summed E-state index contributed by atoms with van der Waals surface area (Å²) >= 11 is 5.32. The van der Waals surface area contributed by atoms with E-state index in [2.05, 4.69) is 16.0 Å². The Labute approximate surface area is 171 Å². The lowest BCUT2D eigenvalue weighted by molar-refractivity contribution is -0.111. The third kappa shape index (κ3) is 4.45. The van der Waals surface area contributed by atoms with Crippen molar-refractivity contribution >= 4 is 35.4 Å². The van der Waals surface area contributed by atoms with Crippen LogP contribution < -0.4 is 10.9 Å². The highest BCUT2D eigenvalue weighted by Crippen LogP contribution is 2.09. The van der Waals surface area contributed by atoms with Crippen LogP contribution in [-0.4, -0.2) is 26.8 Å². The van der Waals surface area contributed by atoms with Crippen LogP contribution in [0, 0.1) is 23.0 Å². The molecule has 0 atom stereocenters. The molecule has 0 aliphatic carbocycles. The Hall–Kier alpha value is -4.03. The Kier molecular flexibility index (Phi) is 5.97. The normalized spacial score (nSPS) is 10.8. The van der Waals surface area contributed by atoms with Gasteiger partial charge in [-0.05, 0) is 43.4 Å². The summed E-state index contributed by atoms with van der Waals surface area (Å²) in [5.74, 6) is -1.09. The van der Waals surface area contributed by atoms with E-state index in [9.17, 15) is 14.9 Å². The number of amides is 1. The van der Waals surface area contributed by atoms with Gasteiger partial charge in [0, 0.05) is 17.5 Å². The third-order valence-corrected chi connectivity index (χ3v) is 4.28. The molecule has 8 nitrogen and oxygen atoms in total. The zero-order valence-electron chi connectivity index (χ0n) is 15.4. The van der Waals surface area contributed by atoms with E-state index in [1.165, 1.54) is 15.4 Å². The lowest BCUT2D eigenvalue weighted by atomic mass is 10.2. The molecule has 144 valence electrons. The summed E-state index contributed by atoms with van der Waals surface area (Å²) in [5, 5.41) is 13.1. The van der Waals surface area contributed by atoms with Crippen LogP contribution in [0.15, 0.2) is 72.0 Å². The second-order valence-corrected chi connectivity index (χ2v) is 6.29. The maximum absolute atomic E-state index is 12.7. The highest BCUT2D eigenvalue weighted by Gasteiger charge is 2.17. The summed E-state index contributed by atoms with van der Waals surface area (Å²) in [5.41, 5.74) is 6.34. The molecule has 3 aromatic rings. The average Bonchev–Trinajstić information content (AvgIpc) is 3.02. The second-order valence-electron chi connectivity index (χ2n) is 5.92. The highest BCUT2D eigenvalue weighted by molar-refractivity contribution is 7.71. The van der Waals surface area contributed by atoms with E-state index >= 15 is 0 Å². The summed E-state index contributed by atoms with van der Waals surface area (Å²) in [7, 11) is 0. The van der Waals surface area contributed by atoms with Gasteiger partial charge in [0.15, 0.2) is 0 Å². The van der Waals surface area contributed by atoms with E-state index in [1.807, 2.05) is 6.07 Å². The first-order chi connectivity index (χ1) is 14.0. The van der Waals surface area contributed by atoms with Crippen molar-refractivity contribution in [1.29, 1.82) is 5.26 Å². The predicted molar refractivity (Wildman–Crippen MR) is 112 cm³/mol. The Morgan fingerprint density at radius 1 is 1.07 bits per heavy atom. The lowest BCUT2D eigenvalue weighted by Gasteiger charge is -2.06. The molecule has 1 aromatic heterocycles. The molecule has 0 aliphatic rings. The molecule has 0 bridgehead atoms. The number of carbonyl (C=O) groups is 2. The van der Waals surface area contributed by atoms with Gasteiger partial charge >= 0.3 is 5.91 Å². The summed E-state index contributed by atoms with van der Waals surface area (Å²) < 4.78 is 2.58. The number of hydrogen-bond acceptors (Lipinski definition) is 6. The van der Waals surface area contributed by atoms with Gasteiger partial charge in [0.05, 0.1) is 5.69 Å². The number of hydrazone groups is 1. The SMILES string of the molecule is Cc1cn(NC(=O)/C(C#N)=N/Nc2ccccc2)c(=S)n1C(=O)c1ccccc1. The van der Waals surface area contributed by atoms with Crippen LogP contribution in [0.2, 0.25) is 0 Å². The van der Waals surface area contributed by atoms with Crippen molar-refractivity contribution in [1.82, 2.24) is 9.24 Å². The van der Waals surface area contributed by atoms with Crippen LogP contribution in [0.5, 0.6) is 0 Å². The smallest absolute Gasteiger partial charge is 0.277 e. The number of benzene rings is 2. The molecular weight excluding hydrogens is 388 g/mol. The summed E-state index contributed by atoms with van der Waals surface area (Å²) in [6, 6.07) is 19.3. The fraction of sp³-hybridized carbons (Fsp3) is 0.0500. The van der Waals surface area contributed by atoms with Crippen molar-refractivity contribution in [2.45, 2.75) is 6.92 Å². The molecule has 1 amide bonds. The summed E-state index contributed by atoms with van der Waals surface area (Å²) in [6.07, 6.45) is 1.50. The van der Waals surface area contributed by atoms with Crippen molar-refractivity contribution in [3.8, 4) is 6.07 Å². The van der Waals surface area contributed by atoms with Crippen molar-refractivity contribution in [2.75, 3.05) is 10.9 Å². The van der Waals surface area contributed by atoms with Crippen molar-refractivity contribution in [3.05, 3.63) is 82.9 Å². The topological polar surface area (TPSA) is 104 Å². The minimum absolute atomic E-state index is 0.0676. The van der Waals surface area contributed by atoms with Crippen LogP contribution in [0.3, 0.4) is 0 Å². The summed E-state index contributed by atoms with van der Waals surface area (Å²) in [6.45, 7) is 1.69. The van der Waals surface area contributed by atoms with Crippen molar-refractivity contribution < 1.29 is 9.59 Å². The third-order valence-electron chi connectivity index (χ3n) is 3.90. The zero-order chi connectivity index (χ0) is 20.8. The highest BCUT2D eigenvalue weighted by atomic mass is 32.1. The first-order valence-electron chi connectivity index (χ1n) is 8.52. The van der Waals surface area contributed by atoms with Gasteiger partial charge < -0.3 is 0 Å². The number of nitrogens with one attached hydrogen (secondary N) is 2. The lowest BCUT2D eigenvalue weighted by Crippen LogP contribution is -2.30. The molecular formula is C20H16N6O2S. The van der Waals surface area contributed by atoms with Crippen LogP contribution in [0.1, 0.15) is 16.1 Å².